The Morgan fingerprint density at radius 2 is 1.09 bits per heavy atom. The standard InChI is InChI=1S/C48H79IN4O17/c1-37(54)44(52-32-45(59)47(49)53-48(61)43(50)31-38-13-15-39(55)16-14-38)12-5-3-4-9-40(56)34-68-28-25-64-19-7-11-41(57)33-67-21-8-20-63-18-6-10-42(58)35-69-29-26-65-22-17-51-46(60)36-70-30-27-66-24-23-62-2/h13-16,43-44,47,52,55H,3-12,17-36,50H2,1-2H3,(H,51,60)(H,53,61)/t43-,44-,47?/m0/s1. The number of unbranched alkanes of at least 4 members (excludes halogenated alkanes) is 2. The third-order valence-electron chi connectivity index (χ3n) is 9.95. The second-order valence-electron chi connectivity index (χ2n) is 16.1. The third-order valence-corrected chi connectivity index (χ3v) is 11.0. The first-order valence-electron chi connectivity index (χ1n) is 24.0. The van der Waals surface area contributed by atoms with Crippen molar-refractivity contribution < 1.29 is 81.3 Å². The minimum absolute atomic E-state index is 0.00200. The van der Waals surface area contributed by atoms with Crippen LogP contribution in [-0.2, 0) is 82.6 Å². The molecule has 0 fully saturated rings. The molecular formula is C48H79IN4O17. The van der Waals surface area contributed by atoms with E-state index in [1.54, 1.807) is 19.2 Å². The number of aromatic hydroxyl groups is 1. The first kappa shape index (κ1) is 64.6. The van der Waals surface area contributed by atoms with Gasteiger partial charge in [-0.25, -0.2) is 0 Å². The minimum Gasteiger partial charge on any atom is -0.508 e. The third kappa shape index (κ3) is 38.3. The Hall–Kier alpha value is -3.40. The average molecular weight is 1110 g/mol. The van der Waals surface area contributed by atoms with Crippen LogP contribution in [0.15, 0.2) is 24.3 Å². The topological polar surface area (TPSA) is 285 Å². The van der Waals surface area contributed by atoms with E-state index >= 15 is 0 Å². The van der Waals surface area contributed by atoms with Gasteiger partial charge in [-0.1, -0.05) is 47.6 Å². The summed E-state index contributed by atoms with van der Waals surface area (Å²) in [6.45, 7) is 6.39. The number of ketones is 5. The Morgan fingerprint density at radius 1 is 0.600 bits per heavy atom. The van der Waals surface area contributed by atoms with Crippen LogP contribution in [0.1, 0.15) is 76.7 Å². The zero-order valence-corrected chi connectivity index (χ0v) is 43.3. The first-order valence-corrected chi connectivity index (χ1v) is 25.2. The summed E-state index contributed by atoms with van der Waals surface area (Å²) in [7, 11) is 1.59. The van der Waals surface area contributed by atoms with Gasteiger partial charge in [0.2, 0.25) is 11.8 Å². The fraction of sp³-hybridized carbons (Fsp3) is 0.729. The highest BCUT2D eigenvalue weighted by atomic mass is 127. The Morgan fingerprint density at radius 3 is 1.69 bits per heavy atom. The molecule has 2 amide bonds. The molecule has 0 aliphatic rings. The number of nitrogens with one attached hydrogen (secondary N) is 3. The lowest BCUT2D eigenvalue weighted by molar-refractivity contribution is -0.127. The number of nitrogens with two attached hydrogens (primary N) is 1. The van der Waals surface area contributed by atoms with Gasteiger partial charge in [0.05, 0.1) is 78.1 Å². The molecule has 3 atom stereocenters. The molecule has 6 N–H and O–H groups in total. The number of amides is 2. The Labute approximate surface area is 426 Å². The van der Waals surface area contributed by atoms with E-state index < -0.39 is 22.0 Å². The van der Waals surface area contributed by atoms with Gasteiger partial charge in [-0.2, -0.15) is 0 Å². The number of rotatable bonds is 50. The Kier molecular flexibility index (Phi) is 40.9. The van der Waals surface area contributed by atoms with Gasteiger partial charge in [0.25, 0.3) is 0 Å². The highest BCUT2D eigenvalue weighted by Crippen LogP contribution is 2.12. The van der Waals surface area contributed by atoms with Crippen molar-refractivity contribution in [2.75, 3.05) is 133 Å². The van der Waals surface area contributed by atoms with E-state index in [2.05, 4.69) is 16.0 Å². The largest absolute Gasteiger partial charge is 0.508 e. The summed E-state index contributed by atoms with van der Waals surface area (Å²) < 4.78 is 47.1. The summed E-state index contributed by atoms with van der Waals surface area (Å²) >= 11 is 1.82. The summed E-state index contributed by atoms with van der Waals surface area (Å²) in [6.07, 6.45) is 5.52. The molecular weight excluding hydrogens is 1030 g/mol. The number of carbonyl (C=O) groups excluding carboxylic acids is 7. The molecule has 1 aromatic carbocycles. The molecule has 21 nitrogen and oxygen atoms in total. The SMILES string of the molecule is COCCOCCOCC(=O)NCCOCCOCC(=O)CCCOCCCOCC(=O)CCCOCCOCC(=O)CCCCC[C@H](NCC(=O)C(I)NC(=O)[C@@H](N)Cc1ccc(O)cc1)C(C)=O. The predicted octanol–water partition coefficient (Wildman–Crippen LogP) is 1.76. The smallest absolute Gasteiger partial charge is 0.246 e. The second-order valence-corrected chi connectivity index (χ2v) is 17.4. The van der Waals surface area contributed by atoms with Crippen LogP contribution in [0, 0.1) is 0 Å². The lowest BCUT2D eigenvalue weighted by atomic mass is 10.0. The van der Waals surface area contributed by atoms with Crippen molar-refractivity contribution in [3.63, 3.8) is 0 Å². The maximum Gasteiger partial charge on any atom is 0.246 e. The maximum atomic E-state index is 12.7. The van der Waals surface area contributed by atoms with Gasteiger partial charge in [0, 0.05) is 59.3 Å². The molecule has 22 heteroatoms. The van der Waals surface area contributed by atoms with Gasteiger partial charge < -0.3 is 69.4 Å². The molecule has 0 bridgehead atoms. The van der Waals surface area contributed by atoms with Gasteiger partial charge in [0.15, 0.2) is 23.1 Å². The van der Waals surface area contributed by atoms with E-state index in [-0.39, 0.29) is 93.2 Å². The molecule has 0 radical (unpaired) electrons. The van der Waals surface area contributed by atoms with E-state index in [1.807, 2.05) is 22.6 Å². The number of benzene rings is 1. The highest BCUT2D eigenvalue weighted by Gasteiger charge is 2.23. The number of phenols is 1. The van der Waals surface area contributed by atoms with Crippen LogP contribution < -0.4 is 21.7 Å². The van der Waals surface area contributed by atoms with Gasteiger partial charge >= 0.3 is 0 Å². The van der Waals surface area contributed by atoms with E-state index in [0.717, 1.165) is 12.0 Å². The number of methoxy groups -OCH3 is 1. The van der Waals surface area contributed by atoms with Crippen molar-refractivity contribution in [2.24, 2.45) is 5.73 Å². The molecule has 1 unspecified atom stereocenters. The zero-order chi connectivity index (χ0) is 51.5. The predicted molar refractivity (Wildman–Crippen MR) is 266 cm³/mol. The number of hydrogen-bond donors (Lipinski definition) is 5. The fourth-order valence-corrected chi connectivity index (χ4v) is 6.59. The number of alkyl halides is 1. The zero-order valence-electron chi connectivity index (χ0n) is 41.2. The highest BCUT2D eigenvalue weighted by molar-refractivity contribution is 14.1. The number of ether oxygens (including phenoxy) is 9. The van der Waals surface area contributed by atoms with E-state index in [4.69, 9.17) is 48.4 Å². The van der Waals surface area contributed by atoms with Crippen LogP contribution in [0.5, 0.6) is 5.75 Å². The molecule has 0 spiro atoms. The number of halogens is 1. The van der Waals surface area contributed by atoms with Crippen LogP contribution >= 0.6 is 22.6 Å². The van der Waals surface area contributed by atoms with Crippen molar-refractivity contribution >= 4 is 63.3 Å². The summed E-state index contributed by atoms with van der Waals surface area (Å²) in [5.41, 5.74) is 6.77. The van der Waals surface area contributed by atoms with Gasteiger partial charge in [-0.05, 0) is 63.1 Å². The quantitative estimate of drug-likeness (QED) is 0.0269. The molecule has 0 aliphatic carbocycles. The fourth-order valence-electron chi connectivity index (χ4n) is 6.06. The lowest BCUT2D eigenvalue weighted by Crippen LogP contribution is -2.49. The first-order chi connectivity index (χ1) is 33.8. The monoisotopic (exact) mass is 1110 g/mol. The molecule has 0 saturated carbocycles. The van der Waals surface area contributed by atoms with Crippen molar-refractivity contribution in [3.8, 4) is 5.75 Å². The summed E-state index contributed by atoms with van der Waals surface area (Å²) in [5, 5.41) is 17.7. The van der Waals surface area contributed by atoms with Crippen LogP contribution in [0.3, 0.4) is 0 Å². The van der Waals surface area contributed by atoms with Crippen LogP contribution in [0.4, 0.5) is 0 Å². The molecule has 0 heterocycles. The van der Waals surface area contributed by atoms with Crippen molar-refractivity contribution in [1.82, 2.24) is 16.0 Å². The Balaban J connectivity index is 1.91. The summed E-state index contributed by atoms with van der Waals surface area (Å²) in [4.78, 5) is 85.4. The molecule has 0 saturated heterocycles. The van der Waals surface area contributed by atoms with E-state index in [0.29, 0.717) is 137 Å². The molecule has 1 rings (SSSR count). The van der Waals surface area contributed by atoms with Gasteiger partial charge in [-0.3, -0.25) is 33.6 Å². The molecule has 70 heavy (non-hydrogen) atoms. The number of phenolic OH excluding ortho intramolecular Hbond substituents is 1. The number of hydrogen-bond acceptors (Lipinski definition) is 19. The Bertz CT molecular complexity index is 1590. The second kappa shape index (κ2) is 44.3. The van der Waals surface area contributed by atoms with Crippen LogP contribution in [-0.4, -0.2) is 194 Å². The summed E-state index contributed by atoms with van der Waals surface area (Å²) in [5.74, 6) is -1.12. The molecule has 0 aromatic heterocycles. The minimum atomic E-state index is -0.880. The molecule has 1 aromatic rings. The average Bonchev–Trinajstić information content (AvgIpc) is 3.33. The van der Waals surface area contributed by atoms with Crippen molar-refractivity contribution in [1.29, 1.82) is 0 Å². The van der Waals surface area contributed by atoms with Crippen LogP contribution in [0.25, 0.3) is 0 Å². The van der Waals surface area contributed by atoms with Crippen LogP contribution in [0.2, 0.25) is 0 Å². The van der Waals surface area contributed by atoms with E-state index in [1.165, 1.54) is 19.1 Å². The maximum absolute atomic E-state index is 12.7. The van der Waals surface area contributed by atoms with Gasteiger partial charge in [-0.15, -0.1) is 0 Å². The normalized spacial score (nSPS) is 12.6. The number of Topliss-reactive ketones (excluding diaryl/α,β-unsaturated/α-hetero) is 5. The summed E-state index contributed by atoms with van der Waals surface area (Å²) in [6, 6.07) is 4.94. The van der Waals surface area contributed by atoms with Gasteiger partial charge in [0.1, 0.15) is 42.0 Å². The lowest BCUT2D eigenvalue weighted by Gasteiger charge is -2.19. The molecule has 0 aliphatic heterocycles. The molecule has 400 valence electrons. The van der Waals surface area contributed by atoms with E-state index in [9.17, 15) is 38.7 Å². The van der Waals surface area contributed by atoms with Crippen molar-refractivity contribution in [2.45, 2.75) is 93.7 Å². The van der Waals surface area contributed by atoms with Crippen molar-refractivity contribution in [3.05, 3.63) is 29.8 Å². The number of carbonyl (C=O) groups is 7.